The van der Waals surface area contributed by atoms with Crippen LogP contribution in [0.25, 0.3) is 0 Å². The molecule has 1 atom stereocenters. The number of hydrogen-bond acceptors (Lipinski definition) is 3. The van der Waals surface area contributed by atoms with E-state index in [1.165, 1.54) is 0 Å². The summed E-state index contributed by atoms with van der Waals surface area (Å²) >= 11 is 6.28. The van der Waals surface area contributed by atoms with E-state index in [0.717, 1.165) is 43.2 Å². The molecule has 1 heterocycles. The van der Waals surface area contributed by atoms with Gasteiger partial charge in [0.05, 0.1) is 23.5 Å². The number of nitrogens with zero attached hydrogens (tertiary/aromatic N) is 3. The van der Waals surface area contributed by atoms with Crippen LogP contribution in [-0.4, -0.2) is 47.9 Å². The van der Waals surface area contributed by atoms with Gasteiger partial charge in [-0.2, -0.15) is 5.10 Å². The average molecular weight is 301 g/mol. The first kappa shape index (κ1) is 17.5. The van der Waals surface area contributed by atoms with Crippen LogP contribution in [0.3, 0.4) is 0 Å². The van der Waals surface area contributed by atoms with Gasteiger partial charge in [-0.05, 0) is 39.4 Å². The summed E-state index contributed by atoms with van der Waals surface area (Å²) in [7, 11) is 4.15. The van der Waals surface area contributed by atoms with Crippen molar-refractivity contribution in [2.75, 3.05) is 27.2 Å². The molecule has 20 heavy (non-hydrogen) atoms. The predicted molar refractivity (Wildman–Crippen MR) is 86.4 cm³/mol. The zero-order valence-corrected chi connectivity index (χ0v) is 14.2. The molecule has 0 saturated heterocycles. The van der Waals surface area contributed by atoms with Gasteiger partial charge in [0.15, 0.2) is 0 Å². The van der Waals surface area contributed by atoms with Crippen molar-refractivity contribution in [3.05, 3.63) is 16.9 Å². The van der Waals surface area contributed by atoms with Crippen molar-refractivity contribution in [3.8, 4) is 0 Å². The first-order chi connectivity index (χ1) is 9.45. The molecule has 0 fully saturated rings. The van der Waals surface area contributed by atoms with Crippen LogP contribution in [0.2, 0.25) is 5.02 Å². The molecule has 0 aromatic carbocycles. The van der Waals surface area contributed by atoms with E-state index in [9.17, 15) is 0 Å². The fraction of sp³-hybridized carbons (Fsp3) is 0.800. The number of hydrogen-bond donors (Lipinski definition) is 1. The maximum Gasteiger partial charge on any atom is 0.0817 e. The molecule has 0 amide bonds. The molecule has 0 bridgehead atoms. The van der Waals surface area contributed by atoms with Gasteiger partial charge in [-0.25, -0.2) is 0 Å². The molecule has 1 aromatic heterocycles. The molecule has 1 N–H and O–H groups in total. The largest absolute Gasteiger partial charge is 0.314 e. The van der Waals surface area contributed by atoms with Crippen molar-refractivity contribution in [2.45, 2.75) is 46.2 Å². The summed E-state index contributed by atoms with van der Waals surface area (Å²) in [5.74, 6) is 0.631. The Morgan fingerprint density at radius 1 is 1.40 bits per heavy atom. The molecule has 0 aliphatic heterocycles. The maximum absolute atomic E-state index is 6.28. The van der Waals surface area contributed by atoms with Crippen LogP contribution in [-0.2, 0) is 13.0 Å². The topological polar surface area (TPSA) is 33.1 Å². The van der Waals surface area contributed by atoms with Crippen molar-refractivity contribution in [1.29, 1.82) is 0 Å². The summed E-state index contributed by atoms with van der Waals surface area (Å²) in [4.78, 5) is 2.16. The molecule has 1 aromatic rings. The Morgan fingerprint density at radius 3 is 2.65 bits per heavy atom. The molecule has 0 radical (unpaired) electrons. The van der Waals surface area contributed by atoms with Crippen molar-refractivity contribution >= 4 is 11.6 Å². The van der Waals surface area contributed by atoms with Gasteiger partial charge in [0.2, 0.25) is 0 Å². The second-order valence-corrected chi connectivity index (χ2v) is 6.32. The van der Waals surface area contributed by atoms with Crippen molar-refractivity contribution < 1.29 is 0 Å². The summed E-state index contributed by atoms with van der Waals surface area (Å²) in [6, 6.07) is 0.535. The van der Waals surface area contributed by atoms with Crippen molar-refractivity contribution in [3.63, 3.8) is 0 Å². The lowest BCUT2D eigenvalue weighted by Gasteiger charge is -2.22. The van der Waals surface area contributed by atoms with Crippen LogP contribution in [0.1, 0.15) is 32.9 Å². The quantitative estimate of drug-likeness (QED) is 0.761. The van der Waals surface area contributed by atoms with Crippen molar-refractivity contribution in [1.82, 2.24) is 20.0 Å². The highest BCUT2D eigenvalue weighted by atomic mass is 35.5. The number of halogens is 1. The molecule has 1 rings (SSSR count). The van der Waals surface area contributed by atoms with E-state index in [1.807, 2.05) is 4.68 Å². The van der Waals surface area contributed by atoms with E-state index in [1.54, 1.807) is 6.20 Å². The molecule has 0 aliphatic rings. The Hall–Kier alpha value is -0.580. The van der Waals surface area contributed by atoms with Gasteiger partial charge in [0.1, 0.15) is 0 Å². The summed E-state index contributed by atoms with van der Waals surface area (Å²) < 4.78 is 2.05. The molecular weight excluding hydrogens is 272 g/mol. The third kappa shape index (κ3) is 5.43. The Balaban J connectivity index is 2.63. The number of likely N-dealkylation sites (N-methyl/N-ethyl adjacent to an activating group) is 1. The molecule has 0 aliphatic carbocycles. The van der Waals surface area contributed by atoms with Crippen LogP contribution in [0.5, 0.6) is 0 Å². The monoisotopic (exact) mass is 300 g/mol. The number of rotatable bonds is 9. The van der Waals surface area contributed by atoms with Crippen LogP contribution in [0.15, 0.2) is 6.20 Å². The molecule has 5 heteroatoms. The van der Waals surface area contributed by atoms with Crippen LogP contribution in [0, 0.1) is 5.92 Å². The van der Waals surface area contributed by atoms with Gasteiger partial charge in [-0.1, -0.05) is 32.4 Å². The Bertz CT molecular complexity index is 387. The molecular formula is C15H29ClN4. The van der Waals surface area contributed by atoms with Crippen LogP contribution in [0.4, 0.5) is 0 Å². The number of aromatic nitrogens is 2. The summed E-state index contributed by atoms with van der Waals surface area (Å²) in [5, 5.41) is 8.74. The lowest BCUT2D eigenvalue weighted by atomic mass is 9.98. The van der Waals surface area contributed by atoms with E-state index in [2.05, 4.69) is 50.2 Å². The lowest BCUT2D eigenvalue weighted by molar-refractivity contribution is 0.360. The summed E-state index contributed by atoms with van der Waals surface area (Å²) in [6.45, 7) is 9.56. The first-order valence-electron chi connectivity index (χ1n) is 7.54. The smallest absolute Gasteiger partial charge is 0.0817 e. The minimum Gasteiger partial charge on any atom is -0.314 e. The highest BCUT2D eigenvalue weighted by Crippen LogP contribution is 2.19. The Morgan fingerprint density at radius 2 is 2.10 bits per heavy atom. The van der Waals surface area contributed by atoms with E-state index in [4.69, 9.17) is 11.6 Å². The standard InChI is InChI=1S/C15H29ClN4/c1-6-17-14(12(2)3)7-8-15-13(16)11-18-20(15)10-9-19(4)5/h11-12,14,17H,6-10H2,1-5H3. The predicted octanol–water partition coefficient (Wildman–Crippen LogP) is 2.66. The molecule has 0 spiro atoms. The van der Waals surface area contributed by atoms with Crippen LogP contribution < -0.4 is 5.32 Å². The Kier molecular flexibility index (Phi) is 7.56. The van der Waals surface area contributed by atoms with E-state index in [-0.39, 0.29) is 0 Å². The molecule has 0 saturated carbocycles. The summed E-state index contributed by atoms with van der Waals surface area (Å²) in [5.41, 5.74) is 1.16. The van der Waals surface area contributed by atoms with Gasteiger partial charge in [0.25, 0.3) is 0 Å². The normalized spacial score (nSPS) is 13.4. The second kappa shape index (κ2) is 8.65. The molecule has 116 valence electrons. The third-order valence-electron chi connectivity index (χ3n) is 3.62. The highest BCUT2D eigenvalue weighted by Gasteiger charge is 2.15. The van der Waals surface area contributed by atoms with E-state index in [0.29, 0.717) is 12.0 Å². The van der Waals surface area contributed by atoms with Gasteiger partial charge in [0, 0.05) is 12.6 Å². The summed E-state index contributed by atoms with van der Waals surface area (Å²) in [6.07, 6.45) is 3.84. The lowest BCUT2D eigenvalue weighted by Crippen LogP contribution is -2.34. The van der Waals surface area contributed by atoms with Crippen LogP contribution >= 0.6 is 11.6 Å². The maximum atomic E-state index is 6.28. The fourth-order valence-corrected chi connectivity index (χ4v) is 2.58. The Labute approximate surface area is 128 Å². The minimum absolute atomic E-state index is 0.535. The van der Waals surface area contributed by atoms with Gasteiger partial charge < -0.3 is 10.2 Å². The zero-order valence-electron chi connectivity index (χ0n) is 13.5. The molecule has 4 nitrogen and oxygen atoms in total. The van der Waals surface area contributed by atoms with E-state index >= 15 is 0 Å². The fourth-order valence-electron chi connectivity index (χ4n) is 2.35. The SMILES string of the molecule is CCNC(CCc1c(Cl)cnn1CCN(C)C)C(C)C. The third-order valence-corrected chi connectivity index (χ3v) is 3.94. The number of nitrogens with one attached hydrogen (secondary N) is 1. The second-order valence-electron chi connectivity index (χ2n) is 5.91. The first-order valence-corrected chi connectivity index (χ1v) is 7.91. The van der Waals surface area contributed by atoms with Gasteiger partial charge in [-0.3, -0.25) is 4.68 Å². The minimum atomic E-state index is 0.535. The van der Waals surface area contributed by atoms with Gasteiger partial charge in [-0.15, -0.1) is 0 Å². The van der Waals surface area contributed by atoms with Gasteiger partial charge >= 0.3 is 0 Å². The van der Waals surface area contributed by atoms with E-state index < -0.39 is 0 Å². The van der Waals surface area contributed by atoms with Crippen molar-refractivity contribution in [2.24, 2.45) is 5.92 Å². The highest BCUT2D eigenvalue weighted by molar-refractivity contribution is 6.31. The average Bonchev–Trinajstić information content (AvgIpc) is 2.72. The zero-order chi connectivity index (χ0) is 15.1. The molecule has 1 unspecified atom stereocenters.